The first kappa shape index (κ1) is 17.9. The highest BCUT2D eigenvalue weighted by molar-refractivity contribution is 5.84. The molecule has 0 aliphatic rings. The maximum absolute atomic E-state index is 4.70. The molecule has 0 bridgehead atoms. The zero-order valence-electron chi connectivity index (χ0n) is 16.0. The van der Waals surface area contributed by atoms with Crippen molar-refractivity contribution in [1.82, 2.24) is 24.5 Å². The van der Waals surface area contributed by atoms with E-state index in [4.69, 9.17) is 4.98 Å². The Morgan fingerprint density at radius 3 is 2.46 bits per heavy atom. The van der Waals surface area contributed by atoms with E-state index in [0.717, 1.165) is 22.5 Å². The highest BCUT2D eigenvalue weighted by Gasteiger charge is 2.15. The fraction of sp³-hybridized carbons (Fsp3) is 0.238. The van der Waals surface area contributed by atoms with Gasteiger partial charge in [0.1, 0.15) is 0 Å². The van der Waals surface area contributed by atoms with Crippen LogP contribution in [0, 0.1) is 0 Å². The number of anilines is 2. The molecule has 0 spiro atoms. The van der Waals surface area contributed by atoms with Gasteiger partial charge in [0.25, 0.3) is 0 Å². The van der Waals surface area contributed by atoms with E-state index in [9.17, 15) is 0 Å². The Bertz CT molecular complexity index is 1040. The fourth-order valence-corrected chi connectivity index (χ4v) is 2.96. The molecule has 2 N–H and O–H groups in total. The van der Waals surface area contributed by atoms with Crippen LogP contribution in [0.1, 0.15) is 31.0 Å². The van der Waals surface area contributed by atoms with Crippen LogP contribution < -0.4 is 10.6 Å². The predicted molar refractivity (Wildman–Crippen MR) is 111 cm³/mol. The highest BCUT2D eigenvalue weighted by Crippen LogP contribution is 2.24. The Hall–Kier alpha value is -3.48. The number of nitrogens with zero attached hydrogens (tertiary/aromatic N) is 5. The number of aromatic nitrogens is 5. The van der Waals surface area contributed by atoms with Gasteiger partial charge < -0.3 is 15.2 Å². The van der Waals surface area contributed by atoms with Crippen molar-refractivity contribution in [3.05, 3.63) is 72.3 Å². The Balaban J connectivity index is 1.64. The zero-order valence-corrected chi connectivity index (χ0v) is 16.0. The monoisotopic (exact) mass is 373 g/mol. The first-order valence-corrected chi connectivity index (χ1v) is 9.36. The molecule has 0 radical (unpaired) electrons. The molecule has 1 aromatic carbocycles. The summed E-state index contributed by atoms with van der Waals surface area (Å²) < 4.78 is 2.06. The largest absolute Gasteiger partial charge is 0.364 e. The lowest BCUT2D eigenvalue weighted by atomic mass is 10.2. The molecular formula is C21H23N7. The van der Waals surface area contributed by atoms with E-state index < -0.39 is 0 Å². The van der Waals surface area contributed by atoms with Crippen molar-refractivity contribution in [2.75, 3.05) is 10.6 Å². The zero-order chi connectivity index (χ0) is 19.3. The van der Waals surface area contributed by atoms with Crippen LogP contribution >= 0.6 is 0 Å². The maximum atomic E-state index is 4.70. The lowest BCUT2D eigenvalue weighted by Crippen LogP contribution is -2.09. The van der Waals surface area contributed by atoms with Gasteiger partial charge in [-0.2, -0.15) is 9.97 Å². The molecule has 4 aromatic rings. The normalized spacial score (nSPS) is 11.1. The van der Waals surface area contributed by atoms with E-state index in [1.165, 1.54) is 5.56 Å². The first-order valence-electron chi connectivity index (χ1n) is 9.36. The Morgan fingerprint density at radius 1 is 0.929 bits per heavy atom. The smallest absolute Gasteiger partial charge is 0.227 e. The number of benzene rings is 1. The van der Waals surface area contributed by atoms with Gasteiger partial charge in [-0.1, -0.05) is 36.4 Å². The number of fused-ring (bicyclic) bond motifs is 1. The van der Waals surface area contributed by atoms with Crippen molar-refractivity contribution < 1.29 is 0 Å². The van der Waals surface area contributed by atoms with Crippen molar-refractivity contribution in [2.45, 2.75) is 33.0 Å². The summed E-state index contributed by atoms with van der Waals surface area (Å²) in [5.41, 5.74) is 3.84. The van der Waals surface area contributed by atoms with Crippen molar-refractivity contribution in [1.29, 1.82) is 0 Å². The minimum Gasteiger partial charge on any atom is -0.364 e. The van der Waals surface area contributed by atoms with Crippen LogP contribution in [0.4, 0.5) is 11.8 Å². The third kappa shape index (κ3) is 3.93. The highest BCUT2D eigenvalue weighted by atomic mass is 15.2. The molecule has 0 aliphatic heterocycles. The van der Waals surface area contributed by atoms with E-state index in [0.29, 0.717) is 19.0 Å². The van der Waals surface area contributed by atoms with E-state index in [1.807, 2.05) is 42.9 Å². The van der Waals surface area contributed by atoms with Gasteiger partial charge in [-0.15, -0.1) is 0 Å². The second kappa shape index (κ2) is 8.04. The third-order valence-corrected chi connectivity index (χ3v) is 4.45. The predicted octanol–water partition coefficient (Wildman–Crippen LogP) is 4.03. The summed E-state index contributed by atoms with van der Waals surface area (Å²) in [5.74, 6) is 1.29. The molecule has 142 valence electrons. The van der Waals surface area contributed by atoms with Crippen molar-refractivity contribution in [3.8, 4) is 0 Å². The number of pyridine rings is 1. The topological polar surface area (TPSA) is 80.5 Å². The Labute approximate surface area is 163 Å². The molecule has 3 heterocycles. The number of nitrogens with one attached hydrogen (secondary N) is 2. The minimum absolute atomic E-state index is 0.257. The van der Waals surface area contributed by atoms with Crippen LogP contribution in [0.5, 0.6) is 0 Å². The summed E-state index contributed by atoms with van der Waals surface area (Å²) in [6, 6.07) is 14.4. The fourth-order valence-electron chi connectivity index (χ4n) is 2.96. The molecule has 0 fully saturated rings. The summed E-state index contributed by atoms with van der Waals surface area (Å²) in [7, 11) is 0. The van der Waals surface area contributed by atoms with Crippen molar-refractivity contribution in [2.24, 2.45) is 0 Å². The Morgan fingerprint density at radius 2 is 1.71 bits per heavy atom. The first-order chi connectivity index (χ1) is 13.7. The van der Waals surface area contributed by atoms with Gasteiger partial charge in [-0.25, -0.2) is 4.98 Å². The minimum atomic E-state index is 0.257. The average Bonchev–Trinajstić information content (AvgIpc) is 3.16. The number of rotatable bonds is 7. The molecule has 0 aliphatic carbocycles. The van der Waals surface area contributed by atoms with Crippen LogP contribution in [0.2, 0.25) is 0 Å². The van der Waals surface area contributed by atoms with E-state index in [2.05, 4.69) is 56.1 Å². The van der Waals surface area contributed by atoms with Gasteiger partial charge in [0.15, 0.2) is 17.0 Å². The lowest BCUT2D eigenvalue weighted by molar-refractivity contribution is 0.613. The van der Waals surface area contributed by atoms with Crippen LogP contribution in [0.25, 0.3) is 11.2 Å². The molecule has 7 nitrogen and oxygen atoms in total. The second-order valence-electron chi connectivity index (χ2n) is 6.87. The molecule has 7 heteroatoms. The van der Waals surface area contributed by atoms with E-state index in [1.54, 1.807) is 6.20 Å². The SMILES string of the molecule is CC(C)n1cnc2c(NCc3ccccc3)nc(NCc3cccnc3)nc21. The van der Waals surface area contributed by atoms with Gasteiger partial charge in [0.05, 0.1) is 6.33 Å². The van der Waals surface area contributed by atoms with Crippen molar-refractivity contribution >= 4 is 22.9 Å². The third-order valence-electron chi connectivity index (χ3n) is 4.45. The number of hydrogen-bond acceptors (Lipinski definition) is 6. The summed E-state index contributed by atoms with van der Waals surface area (Å²) in [5, 5.41) is 6.72. The molecule has 0 amide bonds. The molecule has 0 saturated carbocycles. The van der Waals surface area contributed by atoms with E-state index >= 15 is 0 Å². The molecule has 0 unspecified atom stereocenters. The van der Waals surface area contributed by atoms with Gasteiger partial charge in [0, 0.05) is 31.5 Å². The average molecular weight is 373 g/mol. The van der Waals surface area contributed by atoms with Crippen molar-refractivity contribution in [3.63, 3.8) is 0 Å². The molecule has 4 rings (SSSR count). The van der Waals surface area contributed by atoms with Crippen LogP contribution in [0.3, 0.4) is 0 Å². The molecular weight excluding hydrogens is 350 g/mol. The standard InChI is InChI=1S/C21H23N7/c1-15(2)28-14-25-18-19(23-12-16-7-4-3-5-8-16)26-21(27-20(18)28)24-13-17-9-6-10-22-11-17/h3-11,14-15H,12-13H2,1-2H3,(H2,23,24,26,27). The summed E-state index contributed by atoms with van der Waals surface area (Å²) in [4.78, 5) is 18.1. The van der Waals surface area contributed by atoms with Gasteiger partial charge >= 0.3 is 0 Å². The maximum Gasteiger partial charge on any atom is 0.227 e. The molecule has 0 atom stereocenters. The Kier molecular flexibility index (Phi) is 5.14. The summed E-state index contributed by atoms with van der Waals surface area (Å²) in [6.45, 7) is 5.50. The molecule has 3 aromatic heterocycles. The van der Waals surface area contributed by atoms with Crippen LogP contribution in [0.15, 0.2) is 61.2 Å². The van der Waals surface area contributed by atoms with E-state index in [-0.39, 0.29) is 6.04 Å². The van der Waals surface area contributed by atoms with Gasteiger partial charge in [-0.3, -0.25) is 4.98 Å². The van der Waals surface area contributed by atoms with Crippen LogP contribution in [-0.4, -0.2) is 24.5 Å². The number of hydrogen-bond donors (Lipinski definition) is 2. The lowest BCUT2D eigenvalue weighted by Gasteiger charge is -2.12. The summed E-state index contributed by atoms with van der Waals surface area (Å²) >= 11 is 0. The second-order valence-corrected chi connectivity index (χ2v) is 6.87. The van der Waals surface area contributed by atoms with Gasteiger partial charge in [-0.05, 0) is 31.0 Å². The van der Waals surface area contributed by atoms with Crippen LogP contribution in [-0.2, 0) is 13.1 Å². The number of imidazole rings is 1. The van der Waals surface area contributed by atoms with Gasteiger partial charge in [0.2, 0.25) is 5.95 Å². The summed E-state index contributed by atoms with van der Waals surface area (Å²) in [6.07, 6.45) is 5.42. The molecule has 0 saturated heterocycles. The molecule has 28 heavy (non-hydrogen) atoms. The quantitative estimate of drug-likeness (QED) is 0.509.